The van der Waals surface area contributed by atoms with E-state index in [1.807, 2.05) is 0 Å². The molecule has 0 aromatic rings. The van der Waals surface area contributed by atoms with Crippen LogP contribution in [-0.4, -0.2) is 30.2 Å². The van der Waals surface area contributed by atoms with Crippen molar-refractivity contribution in [1.82, 2.24) is 0 Å². The Morgan fingerprint density at radius 3 is 2.55 bits per heavy atom. The third kappa shape index (κ3) is 3.69. The van der Waals surface area contributed by atoms with Gasteiger partial charge in [-0.05, 0) is 47.9 Å². The van der Waals surface area contributed by atoms with Crippen molar-refractivity contribution in [3.8, 4) is 0 Å². The van der Waals surface area contributed by atoms with Crippen molar-refractivity contribution < 1.29 is 24.5 Å². The van der Waals surface area contributed by atoms with E-state index in [1.165, 1.54) is 32.4 Å². The van der Waals surface area contributed by atoms with Crippen molar-refractivity contribution in [2.45, 2.75) is 12.8 Å². The van der Waals surface area contributed by atoms with E-state index in [4.69, 9.17) is 9.47 Å². The molecule has 116 valence electrons. The molecule has 0 fully saturated rings. The summed E-state index contributed by atoms with van der Waals surface area (Å²) in [6.45, 7) is 0. The summed E-state index contributed by atoms with van der Waals surface area (Å²) in [7, 11) is 2.94. The molecule has 2 aliphatic carbocycles. The van der Waals surface area contributed by atoms with Gasteiger partial charge >= 0.3 is 0 Å². The number of methoxy groups -OCH3 is 2. The minimum atomic E-state index is -0.173. The largest absolute Gasteiger partial charge is 0.504 e. The molecule has 0 amide bonds. The number of ether oxygens (including phenoxy) is 2. The SMILES string of the molecule is COC1=CC(=CC(=O)C=C2C=CC(O)=C(OC)C2)CC=C1O. The molecule has 0 spiro atoms. The molecule has 0 heterocycles. The van der Waals surface area contributed by atoms with Crippen molar-refractivity contribution in [3.63, 3.8) is 0 Å². The number of carbonyl (C=O) groups is 1. The van der Waals surface area contributed by atoms with Crippen molar-refractivity contribution in [2.75, 3.05) is 14.2 Å². The number of rotatable bonds is 4. The van der Waals surface area contributed by atoms with Gasteiger partial charge in [0.05, 0.1) is 14.2 Å². The molecule has 0 atom stereocenters. The minimum Gasteiger partial charge on any atom is -0.504 e. The van der Waals surface area contributed by atoms with E-state index >= 15 is 0 Å². The maximum absolute atomic E-state index is 12.1. The summed E-state index contributed by atoms with van der Waals surface area (Å²) in [5.41, 5.74) is 1.50. The van der Waals surface area contributed by atoms with Gasteiger partial charge in [-0.15, -0.1) is 0 Å². The second-order valence-electron chi connectivity index (χ2n) is 4.87. The summed E-state index contributed by atoms with van der Waals surface area (Å²) in [6.07, 6.45) is 10.2. The Labute approximate surface area is 128 Å². The van der Waals surface area contributed by atoms with E-state index in [0.717, 1.165) is 11.1 Å². The first kappa shape index (κ1) is 15.7. The third-order valence-corrected chi connectivity index (χ3v) is 3.33. The van der Waals surface area contributed by atoms with Gasteiger partial charge in [0, 0.05) is 6.42 Å². The summed E-state index contributed by atoms with van der Waals surface area (Å²) in [5, 5.41) is 19.1. The number of hydrogen-bond acceptors (Lipinski definition) is 5. The van der Waals surface area contributed by atoms with Gasteiger partial charge in [-0.25, -0.2) is 0 Å². The summed E-state index contributed by atoms with van der Waals surface area (Å²) in [5.74, 6) is 0.747. The minimum absolute atomic E-state index is 0.0750. The fourth-order valence-corrected chi connectivity index (χ4v) is 2.18. The van der Waals surface area contributed by atoms with Gasteiger partial charge in [-0.3, -0.25) is 4.79 Å². The predicted molar refractivity (Wildman–Crippen MR) is 82.0 cm³/mol. The quantitative estimate of drug-likeness (QED) is 0.780. The van der Waals surface area contributed by atoms with E-state index in [2.05, 4.69) is 0 Å². The van der Waals surface area contributed by atoms with Crippen molar-refractivity contribution in [1.29, 1.82) is 0 Å². The van der Waals surface area contributed by atoms with Crippen LogP contribution in [0.2, 0.25) is 0 Å². The molecule has 2 aliphatic rings. The molecule has 0 bridgehead atoms. The Balaban J connectivity index is 2.12. The molecule has 0 aromatic carbocycles. The highest BCUT2D eigenvalue weighted by Crippen LogP contribution is 2.23. The molecule has 0 radical (unpaired) electrons. The van der Waals surface area contributed by atoms with Crippen LogP contribution in [-0.2, 0) is 14.3 Å². The number of hydrogen-bond donors (Lipinski definition) is 2. The molecule has 5 heteroatoms. The Bertz CT molecular complexity index is 657. The lowest BCUT2D eigenvalue weighted by Gasteiger charge is -2.13. The van der Waals surface area contributed by atoms with Gasteiger partial charge in [0.2, 0.25) is 0 Å². The van der Waals surface area contributed by atoms with Gasteiger partial charge < -0.3 is 19.7 Å². The lowest BCUT2D eigenvalue weighted by molar-refractivity contribution is -0.110. The van der Waals surface area contributed by atoms with Gasteiger partial charge in [0.15, 0.2) is 23.1 Å². The highest BCUT2D eigenvalue weighted by Gasteiger charge is 2.13. The molecule has 0 unspecified atom stereocenters. The van der Waals surface area contributed by atoms with E-state index in [0.29, 0.717) is 24.4 Å². The highest BCUT2D eigenvalue weighted by atomic mass is 16.5. The Morgan fingerprint density at radius 2 is 1.86 bits per heavy atom. The lowest BCUT2D eigenvalue weighted by atomic mass is 10.0. The van der Waals surface area contributed by atoms with Crippen LogP contribution in [0.15, 0.2) is 70.6 Å². The molecule has 5 nitrogen and oxygen atoms in total. The summed E-state index contributed by atoms with van der Waals surface area (Å²) >= 11 is 0. The van der Waals surface area contributed by atoms with Gasteiger partial charge in [-0.2, -0.15) is 0 Å². The van der Waals surface area contributed by atoms with Gasteiger partial charge in [0.1, 0.15) is 5.76 Å². The predicted octanol–water partition coefficient (Wildman–Crippen LogP) is 3.16. The number of allylic oxidation sites excluding steroid dienone is 8. The normalized spacial score (nSPS) is 21.7. The van der Waals surface area contributed by atoms with Crippen LogP contribution < -0.4 is 0 Å². The summed E-state index contributed by atoms with van der Waals surface area (Å²) in [4.78, 5) is 12.1. The van der Waals surface area contributed by atoms with E-state index in [1.54, 1.807) is 18.2 Å². The monoisotopic (exact) mass is 302 g/mol. The number of carbonyl (C=O) groups excluding carboxylic acids is 1. The smallest absolute Gasteiger partial charge is 0.179 e. The molecule has 2 N–H and O–H groups in total. The first-order valence-corrected chi connectivity index (χ1v) is 6.78. The number of aliphatic hydroxyl groups is 2. The Hall–Kier alpha value is -2.69. The molecule has 0 saturated heterocycles. The Morgan fingerprint density at radius 1 is 1.14 bits per heavy atom. The molecular weight excluding hydrogens is 284 g/mol. The van der Waals surface area contributed by atoms with E-state index < -0.39 is 0 Å². The molecule has 0 aliphatic heterocycles. The molecule has 0 aromatic heterocycles. The van der Waals surface area contributed by atoms with E-state index in [-0.39, 0.29) is 17.3 Å². The first-order chi connectivity index (χ1) is 10.5. The fourth-order valence-electron chi connectivity index (χ4n) is 2.18. The average Bonchev–Trinajstić information content (AvgIpc) is 2.51. The zero-order valence-electron chi connectivity index (χ0n) is 12.5. The van der Waals surface area contributed by atoms with Crippen LogP contribution in [0.5, 0.6) is 0 Å². The second-order valence-corrected chi connectivity index (χ2v) is 4.87. The zero-order chi connectivity index (χ0) is 16.1. The average molecular weight is 302 g/mol. The van der Waals surface area contributed by atoms with Crippen LogP contribution in [0.4, 0.5) is 0 Å². The van der Waals surface area contributed by atoms with Crippen LogP contribution >= 0.6 is 0 Å². The molecule has 2 rings (SSSR count). The number of aliphatic hydroxyl groups excluding tert-OH is 2. The molecule has 22 heavy (non-hydrogen) atoms. The number of ketones is 1. The maximum atomic E-state index is 12.1. The Kier molecular flexibility index (Phi) is 4.88. The van der Waals surface area contributed by atoms with Crippen LogP contribution in [0.3, 0.4) is 0 Å². The van der Waals surface area contributed by atoms with E-state index in [9.17, 15) is 15.0 Å². The fraction of sp³-hybridized carbons (Fsp3) is 0.235. The van der Waals surface area contributed by atoms with Crippen molar-refractivity contribution in [2.24, 2.45) is 0 Å². The summed E-state index contributed by atoms with van der Waals surface area (Å²) < 4.78 is 10.1. The van der Waals surface area contributed by atoms with Crippen molar-refractivity contribution >= 4 is 5.78 Å². The standard InChI is InChI=1S/C17H18O5/c1-21-16-9-11(3-5-14(16)19)7-13(18)8-12-4-6-15(20)17(10-12)22-2/h3,5-8,10,19-20H,4,9H2,1-2H3. The van der Waals surface area contributed by atoms with Crippen LogP contribution in [0, 0.1) is 0 Å². The summed E-state index contributed by atoms with van der Waals surface area (Å²) in [6, 6.07) is 0. The lowest BCUT2D eigenvalue weighted by Crippen LogP contribution is -2.02. The van der Waals surface area contributed by atoms with Crippen molar-refractivity contribution in [3.05, 3.63) is 70.6 Å². The molecule has 0 saturated carbocycles. The molecular formula is C17H18O5. The zero-order valence-corrected chi connectivity index (χ0v) is 12.5. The maximum Gasteiger partial charge on any atom is 0.179 e. The topological polar surface area (TPSA) is 76.0 Å². The first-order valence-electron chi connectivity index (χ1n) is 6.78. The van der Waals surface area contributed by atoms with Gasteiger partial charge in [0.25, 0.3) is 0 Å². The second kappa shape index (κ2) is 6.85. The van der Waals surface area contributed by atoms with Crippen LogP contribution in [0.1, 0.15) is 12.8 Å². The third-order valence-electron chi connectivity index (χ3n) is 3.33. The van der Waals surface area contributed by atoms with Crippen LogP contribution in [0.25, 0.3) is 0 Å². The highest BCUT2D eigenvalue weighted by molar-refractivity contribution is 6.01. The van der Waals surface area contributed by atoms with Gasteiger partial charge in [-0.1, -0.05) is 6.08 Å².